The van der Waals surface area contributed by atoms with Crippen LogP contribution in [0, 0.1) is 11.3 Å². The summed E-state index contributed by atoms with van der Waals surface area (Å²) in [5, 5.41) is 18.4. The van der Waals surface area contributed by atoms with Crippen molar-refractivity contribution in [3.63, 3.8) is 0 Å². The highest BCUT2D eigenvalue weighted by Crippen LogP contribution is 2.34. The first-order valence-electron chi connectivity index (χ1n) is 8.28. The molecule has 0 spiro atoms. The number of aliphatic hydroxyl groups is 1. The van der Waals surface area contributed by atoms with E-state index in [2.05, 4.69) is 52.0 Å². The Kier molecular flexibility index (Phi) is 7.54. The molecular weight excluding hydrogens is 284 g/mol. The van der Waals surface area contributed by atoms with Crippen LogP contribution in [0.4, 0.5) is 5.69 Å². The number of nitriles is 1. The molecule has 1 aromatic carbocycles. The number of aliphatic imine (C=N–C) groups is 1. The van der Waals surface area contributed by atoms with E-state index in [9.17, 15) is 5.11 Å². The van der Waals surface area contributed by atoms with Gasteiger partial charge in [-0.05, 0) is 41.9 Å². The molecule has 0 atom stereocenters. The van der Waals surface area contributed by atoms with Gasteiger partial charge in [-0.25, -0.2) is 0 Å². The lowest BCUT2D eigenvalue weighted by Gasteiger charge is -2.16. The summed E-state index contributed by atoms with van der Waals surface area (Å²) in [6.07, 6.45) is 3.45. The van der Waals surface area contributed by atoms with Gasteiger partial charge in [0.25, 0.3) is 0 Å². The van der Waals surface area contributed by atoms with E-state index in [0.29, 0.717) is 36.9 Å². The van der Waals surface area contributed by atoms with Gasteiger partial charge in [0.1, 0.15) is 0 Å². The summed E-state index contributed by atoms with van der Waals surface area (Å²) in [4.78, 5) is 4.73. The van der Waals surface area contributed by atoms with E-state index < -0.39 is 0 Å². The summed E-state index contributed by atoms with van der Waals surface area (Å²) in [7, 11) is 0. The minimum Gasteiger partial charge on any atom is -0.513 e. The number of para-hydroxylation sites is 1. The minimum absolute atomic E-state index is 0.299. The fourth-order valence-corrected chi connectivity index (χ4v) is 2.55. The zero-order valence-corrected chi connectivity index (χ0v) is 14.9. The van der Waals surface area contributed by atoms with E-state index >= 15 is 0 Å². The summed E-state index contributed by atoms with van der Waals surface area (Å²) in [6.45, 7) is 10.4. The van der Waals surface area contributed by atoms with Gasteiger partial charge in [0.05, 0.1) is 17.5 Å². The number of benzene rings is 1. The van der Waals surface area contributed by atoms with Gasteiger partial charge in [-0.3, -0.25) is 4.99 Å². The Morgan fingerprint density at radius 3 is 2.22 bits per heavy atom. The summed E-state index contributed by atoms with van der Waals surface area (Å²) in [5.74, 6) is 1.12. The molecule has 1 aromatic rings. The Hall–Kier alpha value is -2.08. The van der Waals surface area contributed by atoms with Gasteiger partial charge in [0, 0.05) is 19.1 Å². The number of hydrogen-bond donors (Lipinski definition) is 1. The molecule has 0 aromatic heterocycles. The van der Waals surface area contributed by atoms with Gasteiger partial charge in [-0.1, -0.05) is 45.9 Å². The van der Waals surface area contributed by atoms with Crippen LogP contribution in [0.3, 0.4) is 0 Å². The third-order valence-corrected chi connectivity index (χ3v) is 3.95. The van der Waals surface area contributed by atoms with Crippen LogP contribution in [0.2, 0.25) is 0 Å². The molecule has 0 radical (unpaired) electrons. The normalized spacial score (nSPS) is 12.8. The number of nitrogens with zero attached hydrogens (tertiary/aromatic N) is 2. The second kappa shape index (κ2) is 9.15. The molecule has 0 fully saturated rings. The van der Waals surface area contributed by atoms with E-state index in [1.807, 2.05) is 6.21 Å². The molecule has 0 aliphatic rings. The van der Waals surface area contributed by atoms with E-state index in [-0.39, 0.29) is 0 Å². The molecule has 1 N–H and O–H groups in total. The number of allylic oxidation sites excluding steroid dienone is 2. The molecule has 1 rings (SSSR count). The van der Waals surface area contributed by atoms with Gasteiger partial charge in [0.2, 0.25) is 0 Å². The first-order valence-corrected chi connectivity index (χ1v) is 8.28. The molecule has 0 heterocycles. The highest BCUT2D eigenvalue weighted by molar-refractivity contribution is 5.69. The fourth-order valence-electron chi connectivity index (χ4n) is 2.55. The topological polar surface area (TPSA) is 56.4 Å². The highest BCUT2D eigenvalue weighted by Gasteiger charge is 2.12. The first kappa shape index (κ1) is 19.0. The summed E-state index contributed by atoms with van der Waals surface area (Å²) in [5.41, 5.74) is 4.42. The lowest BCUT2D eigenvalue weighted by molar-refractivity contribution is 0.403. The standard InChI is InChI=1S/C20H28N2O/c1-14(2)18-9-6-10-19(15(3)4)20(18)22-13-11-17(16(5)23)8-7-12-21/h6,9-10,13-15,23H,7-8,11H2,1-5H3/b17-16+,22-13?. The zero-order valence-electron chi connectivity index (χ0n) is 14.9. The highest BCUT2D eigenvalue weighted by atomic mass is 16.3. The van der Waals surface area contributed by atoms with Crippen LogP contribution in [0.5, 0.6) is 0 Å². The monoisotopic (exact) mass is 312 g/mol. The van der Waals surface area contributed by atoms with E-state index in [1.165, 1.54) is 11.1 Å². The van der Waals surface area contributed by atoms with Crippen molar-refractivity contribution in [3.8, 4) is 6.07 Å². The van der Waals surface area contributed by atoms with E-state index in [1.54, 1.807) is 6.92 Å². The molecule has 0 bridgehead atoms. The predicted octanol–water partition coefficient (Wildman–Crippen LogP) is 6.16. The smallest absolute Gasteiger partial charge is 0.0887 e. The third-order valence-electron chi connectivity index (χ3n) is 3.95. The van der Waals surface area contributed by atoms with Crippen LogP contribution in [-0.4, -0.2) is 11.3 Å². The number of hydrogen-bond acceptors (Lipinski definition) is 3. The molecule has 0 aliphatic heterocycles. The molecule has 23 heavy (non-hydrogen) atoms. The van der Waals surface area contributed by atoms with Crippen molar-refractivity contribution < 1.29 is 5.11 Å². The van der Waals surface area contributed by atoms with Gasteiger partial charge >= 0.3 is 0 Å². The number of rotatable bonds is 7. The van der Waals surface area contributed by atoms with Crippen LogP contribution in [-0.2, 0) is 0 Å². The van der Waals surface area contributed by atoms with Crippen molar-refractivity contribution in [1.29, 1.82) is 5.26 Å². The lowest BCUT2D eigenvalue weighted by atomic mass is 9.93. The predicted molar refractivity (Wildman–Crippen MR) is 97.6 cm³/mol. The SMILES string of the molecule is C/C(O)=C(\CC=Nc1c(C(C)C)cccc1C(C)C)CCC#N. The summed E-state index contributed by atoms with van der Waals surface area (Å²) in [6, 6.07) is 8.48. The van der Waals surface area contributed by atoms with Gasteiger partial charge in [0.15, 0.2) is 0 Å². The third kappa shape index (κ3) is 5.56. The van der Waals surface area contributed by atoms with Crippen LogP contribution in [0.1, 0.15) is 76.8 Å². The van der Waals surface area contributed by atoms with Crippen LogP contribution < -0.4 is 0 Å². The molecule has 0 aliphatic carbocycles. The maximum Gasteiger partial charge on any atom is 0.0887 e. The maximum atomic E-state index is 9.73. The molecule has 124 valence electrons. The van der Waals surface area contributed by atoms with Crippen molar-refractivity contribution >= 4 is 11.9 Å². The number of aliphatic hydroxyl groups excluding tert-OH is 1. The molecule has 0 unspecified atom stereocenters. The Labute approximate surface area is 140 Å². The zero-order chi connectivity index (χ0) is 17.4. The van der Waals surface area contributed by atoms with Crippen molar-refractivity contribution in [2.45, 2.75) is 65.7 Å². The quantitative estimate of drug-likeness (QED) is 0.484. The largest absolute Gasteiger partial charge is 0.513 e. The van der Waals surface area contributed by atoms with Crippen LogP contribution in [0.25, 0.3) is 0 Å². The maximum absolute atomic E-state index is 9.73. The van der Waals surface area contributed by atoms with Crippen molar-refractivity contribution in [3.05, 3.63) is 40.7 Å². The lowest BCUT2D eigenvalue weighted by Crippen LogP contribution is -1.96. The molecular formula is C20H28N2O. The first-order chi connectivity index (χ1) is 10.9. The molecule has 3 nitrogen and oxygen atoms in total. The average Bonchev–Trinajstić information content (AvgIpc) is 2.49. The van der Waals surface area contributed by atoms with Gasteiger partial charge in [-0.15, -0.1) is 0 Å². The Morgan fingerprint density at radius 2 is 1.78 bits per heavy atom. The van der Waals surface area contributed by atoms with Crippen molar-refractivity contribution in [1.82, 2.24) is 0 Å². The van der Waals surface area contributed by atoms with Crippen LogP contribution >= 0.6 is 0 Å². The molecule has 0 saturated heterocycles. The van der Waals surface area contributed by atoms with Gasteiger partial charge < -0.3 is 5.11 Å². The Balaban J connectivity index is 3.07. The average molecular weight is 312 g/mol. The summed E-state index contributed by atoms with van der Waals surface area (Å²) < 4.78 is 0. The molecule has 0 amide bonds. The summed E-state index contributed by atoms with van der Waals surface area (Å²) >= 11 is 0. The molecule has 3 heteroatoms. The van der Waals surface area contributed by atoms with Crippen molar-refractivity contribution in [2.24, 2.45) is 4.99 Å². The molecule has 0 saturated carbocycles. The second-order valence-electron chi connectivity index (χ2n) is 6.46. The minimum atomic E-state index is 0.299. The second-order valence-corrected chi connectivity index (χ2v) is 6.46. The Bertz CT molecular complexity index is 589. The van der Waals surface area contributed by atoms with Crippen molar-refractivity contribution in [2.75, 3.05) is 0 Å². The fraction of sp³-hybridized carbons (Fsp3) is 0.500. The van der Waals surface area contributed by atoms with E-state index in [4.69, 9.17) is 10.3 Å². The van der Waals surface area contributed by atoms with Crippen LogP contribution in [0.15, 0.2) is 34.5 Å². The van der Waals surface area contributed by atoms with Gasteiger partial charge in [-0.2, -0.15) is 5.26 Å². The van der Waals surface area contributed by atoms with E-state index in [0.717, 1.165) is 11.3 Å². The Morgan fingerprint density at radius 1 is 1.22 bits per heavy atom.